The van der Waals surface area contributed by atoms with Crippen molar-refractivity contribution in [3.05, 3.63) is 22.7 Å². The molecular formula is C24H34ClN3O4. The number of ether oxygens (including phenoxy) is 2. The highest BCUT2D eigenvalue weighted by molar-refractivity contribution is 6.31. The molecule has 1 aromatic rings. The van der Waals surface area contributed by atoms with Crippen molar-refractivity contribution >= 4 is 23.4 Å². The van der Waals surface area contributed by atoms with Crippen LogP contribution in [0.3, 0.4) is 0 Å². The number of rotatable bonds is 6. The standard InChI is InChI=1S/C24H34ClN3O4/c1-3-26(4-2)24(30)17-6-5-10-27(14-17)19-7-8-23(29)28(11-9-19)15-18-12-21-22(13-20(18)25)32-16-31-21/h12-13,17,19H,3-11,14-16H2,1-2H3/t17-,19+/m0/s1. The average molecular weight is 464 g/mol. The quantitative estimate of drug-likeness (QED) is 0.645. The van der Waals surface area contributed by atoms with E-state index in [2.05, 4.69) is 4.90 Å². The maximum absolute atomic E-state index is 12.9. The molecule has 2 atom stereocenters. The summed E-state index contributed by atoms with van der Waals surface area (Å²) in [6.45, 7) is 8.80. The highest BCUT2D eigenvalue weighted by Gasteiger charge is 2.33. The molecule has 0 bridgehead atoms. The number of fused-ring (bicyclic) bond motifs is 1. The molecule has 3 heterocycles. The van der Waals surface area contributed by atoms with Crippen LogP contribution in [0.5, 0.6) is 11.5 Å². The predicted octanol–water partition coefficient (Wildman–Crippen LogP) is 3.53. The zero-order valence-electron chi connectivity index (χ0n) is 19.1. The molecule has 0 N–H and O–H groups in total. The summed E-state index contributed by atoms with van der Waals surface area (Å²) < 4.78 is 10.9. The van der Waals surface area contributed by atoms with Gasteiger partial charge >= 0.3 is 0 Å². The SMILES string of the molecule is CCN(CC)C(=O)[C@H]1CCCN([C@@H]2CCC(=O)N(Cc3cc4c(cc3Cl)OCO4)CC2)C1. The van der Waals surface area contributed by atoms with Crippen LogP contribution >= 0.6 is 11.6 Å². The molecule has 176 valence electrons. The smallest absolute Gasteiger partial charge is 0.231 e. The maximum Gasteiger partial charge on any atom is 0.231 e. The third-order valence-electron chi connectivity index (χ3n) is 7.07. The summed E-state index contributed by atoms with van der Waals surface area (Å²) in [5.74, 6) is 1.85. The molecule has 7 nitrogen and oxygen atoms in total. The zero-order valence-corrected chi connectivity index (χ0v) is 19.9. The molecule has 4 rings (SSSR count). The second kappa shape index (κ2) is 10.3. The van der Waals surface area contributed by atoms with Gasteiger partial charge in [0.25, 0.3) is 0 Å². The lowest BCUT2D eigenvalue weighted by molar-refractivity contribution is -0.137. The first kappa shape index (κ1) is 23.2. The molecule has 0 spiro atoms. The summed E-state index contributed by atoms with van der Waals surface area (Å²) in [4.78, 5) is 32.1. The Hall–Kier alpha value is -1.99. The van der Waals surface area contributed by atoms with Crippen LogP contribution in [0.25, 0.3) is 0 Å². The minimum atomic E-state index is 0.0751. The summed E-state index contributed by atoms with van der Waals surface area (Å²) in [6, 6.07) is 3.99. The van der Waals surface area contributed by atoms with Crippen molar-refractivity contribution in [2.45, 2.75) is 58.5 Å². The van der Waals surface area contributed by atoms with E-state index in [4.69, 9.17) is 21.1 Å². The van der Waals surface area contributed by atoms with Crippen molar-refractivity contribution in [2.24, 2.45) is 5.92 Å². The summed E-state index contributed by atoms with van der Waals surface area (Å²) in [5, 5.41) is 0.594. The van der Waals surface area contributed by atoms with E-state index < -0.39 is 0 Å². The molecule has 3 aliphatic heterocycles. The number of carbonyl (C=O) groups is 2. The highest BCUT2D eigenvalue weighted by atomic mass is 35.5. The number of hydrogen-bond donors (Lipinski definition) is 0. The van der Waals surface area contributed by atoms with Gasteiger partial charge in [-0.15, -0.1) is 0 Å². The predicted molar refractivity (Wildman–Crippen MR) is 123 cm³/mol. The van der Waals surface area contributed by atoms with Gasteiger partial charge < -0.3 is 19.3 Å². The van der Waals surface area contributed by atoms with Crippen LogP contribution in [0, 0.1) is 5.92 Å². The molecule has 3 aliphatic rings. The molecule has 32 heavy (non-hydrogen) atoms. The molecule has 0 saturated carbocycles. The summed E-state index contributed by atoms with van der Waals surface area (Å²) in [7, 11) is 0. The van der Waals surface area contributed by atoms with Gasteiger partial charge in [-0.2, -0.15) is 0 Å². The molecule has 0 radical (unpaired) electrons. The van der Waals surface area contributed by atoms with Gasteiger partial charge in [0.05, 0.1) is 5.92 Å². The van der Waals surface area contributed by atoms with E-state index in [1.54, 1.807) is 6.07 Å². The first-order valence-electron chi connectivity index (χ1n) is 11.9. The summed E-state index contributed by atoms with van der Waals surface area (Å²) >= 11 is 6.44. The fraction of sp³-hybridized carbons (Fsp3) is 0.667. The van der Waals surface area contributed by atoms with Crippen molar-refractivity contribution in [2.75, 3.05) is 39.5 Å². The molecule has 2 fully saturated rings. The van der Waals surface area contributed by atoms with Crippen molar-refractivity contribution in [1.29, 1.82) is 0 Å². The first-order valence-corrected chi connectivity index (χ1v) is 12.3. The van der Waals surface area contributed by atoms with E-state index in [0.717, 1.165) is 57.4 Å². The maximum atomic E-state index is 12.9. The number of carbonyl (C=O) groups excluding carboxylic acids is 2. The number of hydrogen-bond acceptors (Lipinski definition) is 5. The number of halogens is 1. The average Bonchev–Trinajstić information content (AvgIpc) is 3.17. The lowest BCUT2D eigenvalue weighted by atomic mass is 9.93. The third-order valence-corrected chi connectivity index (χ3v) is 7.42. The van der Waals surface area contributed by atoms with Gasteiger partial charge in [0.2, 0.25) is 18.6 Å². The van der Waals surface area contributed by atoms with Crippen LogP contribution in [0.2, 0.25) is 5.02 Å². The lowest BCUT2D eigenvalue weighted by Gasteiger charge is -2.38. The Balaban J connectivity index is 1.38. The van der Waals surface area contributed by atoms with Gasteiger partial charge in [-0.25, -0.2) is 0 Å². The van der Waals surface area contributed by atoms with Gasteiger partial charge in [-0.05, 0) is 57.7 Å². The molecule has 0 aromatic heterocycles. The van der Waals surface area contributed by atoms with Gasteiger partial charge in [0, 0.05) is 56.3 Å². The van der Waals surface area contributed by atoms with Crippen LogP contribution < -0.4 is 9.47 Å². The minimum absolute atomic E-state index is 0.0751. The molecular weight excluding hydrogens is 430 g/mol. The van der Waals surface area contributed by atoms with Crippen molar-refractivity contribution in [3.8, 4) is 11.5 Å². The Bertz CT molecular complexity index is 845. The van der Waals surface area contributed by atoms with Crippen molar-refractivity contribution in [3.63, 3.8) is 0 Å². The number of piperidine rings is 1. The fourth-order valence-corrected chi connectivity index (χ4v) is 5.39. The summed E-state index contributed by atoms with van der Waals surface area (Å²) in [6.07, 6.45) is 4.29. The Morgan fingerprint density at radius 3 is 2.62 bits per heavy atom. The Kier molecular flexibility index (Phi) is 7.46. The van der Waals surface area contributed by atoms with Crippen molar-refractivity contribution in [1.82, 2.24) is 14.7 Å². The highest BCUT2D eigenvalue weighted by Crippen LogP contribution is 2.37. The van der Waals surface area contributed by atoms with E-state index in [0.29, 0.717) is 42.1 Å². The summed E-state index contributed by atoms with van der Waals surface area (Å²) in [5.41, 5.74) is 0.880. The fourth-order valence-electron chi connectivity index (χ4n) is 5.17. The topological polar surface area (TPSA) is 62.3 Å². The first-order chi connectivity index (χ1) is 15.5. The second-order valence-corrected chi connectivity index (χ2v) is 9.35. The number of benzene rings is 1. The second-order valence-electron chi connectivity index (χ2n) is 8.94. The number of amides is 2. The van der Waals surface area contributed by atoms with Crippen molar-refractivity contribution < 1.29 is 19.1 Å². The van der Waals surface area contributed by atoms with Crippen LogP contribution in [0.1, 0.15) is 51.5 Å². The number of nitrogens with zero attached hydrogens (tertiary/aromatic N) is 3. The van der Waals surface area contributed by atoms with E-state index in [1.165, 1.54) is 0 Å². The Morgan fingerprint density at radius 1 is 1.12 bits per heavy atom. The molecule has 1 aromatic carbocycles. The zero-order chi connectivity index (χ0) is 22.7. The van der Waals surface area contributed by atoms with Crippen LogP contribution in [0.4, 0.5) is 0 Å². The van der Waals surface area contributed by atoms with Gasteiger partial charge in [-0.3, -0.25) is 14.5 Å². The van der Waals surface area contributed by atoms with Crippen LogP contribution in [-0.4, -0.2) is 72.1 Å². The molecule has 0 unspecified atom stereocenters. The monoisotopic (exact) mass is 463 g/mol. The molecule has 2 saturated heterocycles. The Labute approximate surface area is 195 Å². The van der Waals surface area contributed by atoms with E-state index >= 15 is 0 Å². The number of likely N-dealkylation sites (tertiary alicyclic amines) is 2. The lowest BCUT2D eigenvalue weighted by Crippen LogP contribution is -2.48. The van der Waals surface area contributed by atoms with Crippen LogP contribution in [0.15, 0.2) is 12.1 Å². The minimum Gasteiger partial charge on any atom is -0.454 e. The normalized spacial score (nSPS) is 23.8. The van der Waals surface area contributed by atoms with E-state index in [1.807, 2.05) is 29.7 Å². The Morgan fingerprint density at radius 2 is 1.88 bits per heavy atom. The van der Waals surface area contributed by atoms with Gasteiger partial charge in [-0.1, -0.05) is 11.6 Å². The van der Waals surface area contributed by atoms with Crippen LogP contribution in [-0.2, 0) is 16.1 Å². The molecule has 2 amide bonds. The largest absolute Gasteiger partial charge is 0.454 e. The third kappa shape index (κ3) is 4.99. The molecule has 0 aliphatic carbocycles. The van der Waals surface area contributed by atoms with Gasteiger partial charge in [0.15, 0.2) is 11.5 Å². The molecule has 8 heteroatoms. The van der Waals surface area contributed by atoms with Gasteiger partial charge in [0.1, 0.15) is 0 Å². The van der Waals surface area contributed by atoms with E-state index in [-0.39, 0.29) is 24.5 Å². The van der Waals surface area contributed by atoms with E-state index in [9.17, 15) is 9.59 Å².